The molecule has 29 heavy (non-hydrogen) atoms. The maximum absolute atomic E-state index is 12.7. The largest absolute Gasteiger partial charge is 0.463 e. The van der Waals surface area contributed by atoms with E-state index in [1.807, 2.05) is 0 Å². The molecule has 1 aromatic carbocycles. The lowest BCUT2D eigenvalue weighted by atomic mass is 10.1. The SMILES string of the molecule is O=C(COC(=O)c1cc(-c2ccco2)nc2ccccc12)NC1CCS(=O)(=O)C1. The van der Waals surface area contributed by atoms with Gasteiger partial charge in [0.05, 0.1) is 28.8 Å². The molecule has 1 N–H and O–H groups in total. The van der Waals surface area contributed by atoms with Crippen molar-refractivity contribution in [1.82, 2.24) is 10.3 Å². The number of benzene rings is 1. The highest BCUT2D eigenvalue weighted by molar-refractivity contribution is 7.91. The lowest BCUT2D eigenvalue weighted by Gasteiger charge is -2.12. The Morgan fingerprint density at radius 2 is 2.03 bits per heavy atom. The Bertz CT molecular complexity index is 1170. The number of aromatic nitrogens is 1. The molecule has 1 atom stereocenters. The van der Waals surface area contributed by atoms with Crippen LogP contribution >= 0.6 is 0 Å². The van der Waals surface area contributed by atoms with Gasteiger partial charge in [-0.05, 0) is 30.7 Å². The lowest BCUT2D eigenvalue weighted by molar-refractivity contribution is -0.124. The highest BCUT2D eigenvalue weighted by Gasteiger charge is 2.29. The molecule has 2 aromatic heterocycles. The first kappa shape index (κ1) is 19.1. The molecule has 1 aliphatic heterocycles. The van der Waals surface area contributed by atoms with Crippen molar-refractivity contribution in [2.24, 2.45) is 0 Å². The lowest BCUT2D eigenvalue weighted by Crippen LogP contribution is -2.38. The third kappa shape index (κ3) is 4.29. The van der Waals surface area contributed by atoms with Gasteiger partial charge in [0, 0.05) is 11.4 Å². The zero-order chi connectivity index (χ0) is 20.4. The van der Waals surface area contributed by atoms with E-state index in [2.05, 4.69) is 10.3 Å². The van der Waals surface area contributed by atoms with Crippen LogP contribution in [0.3, 0.4) is 0 Å². The van der Waals surface area contributed by atoms with Crippen molar-refractivity contribution in [1.29, 1.82) is 0 Å². The van der Waals surface area contributed by atoms with Crippen molar-refractivity contribution >= 4 is 32.6 Å². The maximum atomic E-state index is 12.7. The molecule has 0 spiro atoms. The number of pyridine rings is 1. The van der Waals surface area contributed by atoms with Crippen molar-refractivity contribution in [2.75, 3.05) is 18.1 Å². The smallest absolute Gasteiger partial charge is 0.339 e. The summed E-state index contributed by atoms with van der Waals surface area (Å²) in [6.07, 6.45) is 1.88. The van der Waals surface area contributed by atoms with Gasteiger partial charge < -0.3 is 14.5 Å². The second-order valence-corrected chi connectivity index (χ2v) is 9.02. The average Bonchev–Trinajstić information content (AvgIpc) is 3.35. The van der Waals surface area contributed by atoms with Crippen molar-refractivity contribution in [3.63, 3.8) is 0 Å². The average molecular weight is 414 g/mol. The van der Waals surface area contributed by atoms with Gasteiger partial charge in [0.2, 0.25) is 0 Å². The van der Waals surface area contributed by atoms with Gasteiger partial charge in [-0.15, -0.1) is 0 Å². The van der Waals surface area contributed by atoms with Gasteiger partial charge >= 0.3 is 5.97 Å². The number of carbonyl (C=O) groups excluding carboxylic acids is 2. The first-order valence-corrected chi connectivity index (χ1v) is 10.8. The van der Waals surface area contributed by atoms with Gasteiger partial charge in [0.1, 0.15) is 5.69 Å². The first-order valence-electron chi connectivity index (χ1n) is 9.02. The fourth-order valence-electron chi connectivity index (χ4n) is 3.28. The summed E-state index contributed by atoms with van der Waals surface area (Å²) in [5.74, 6) is -0.745. The van der Waals surface area contributed by atoms with Crippen LogP contribution in [-0.4, -0.2) is 49.4 Å². The number of esters is 1. The number of rotatable bonds is 5. The summed E-state index contributed by atoms with van der Waals surface area (Å²) in [7, 11) is -3.10. The van der Waals surface area contributed by atoms with E-state index in [4.69, 9.17) is 9.15 Å². The number of fused-ring (bicyclic) bond motifs is 1. The zero-order valence-electron chi connectivity index (χ0n) is 15.3. The zero-order valence-corrected chi connectivity index (χ0v) is 16.1. The van der Waals surface area contributed by atoms with E-state index in [1.54, 1.807) is 42.5 Å². The number of amides is 1. The van der Waals surface area contributed by atoms with Crippen molar-refractivity contribution < 1.29 is 27.2 Å². The number of hydrogen-bond acceptors (Lipinski definition) is 7. The van der Waals surface area contributed by atoms with Crippen LogP contribution in [0.15, 0.2) is 53.1 Å². The minimum atomic E-state index is -3.10. The summed E-state index contributed by atoms with van der Waals surface area (Å²) in [6.45, 7) is -0.498. The number of hydrogen-bond donors (Lipinski definition) is 1. The molecule has 1 saturated heterocycles. The quantitative estimate of drug-likeness (QED) is 0.635. The van der Waals surface area contributed by atoms with Gasteiger partial charge in [-0.2, -0.15) is 0 Å². The summed E-state index contributed by atoms with van der Waals surface area (Å²) in [4.78, 5) is 29.2. The molecular formula is C20H18N2O6S. The molecule has 150 valence electrons. The van der Waals surface area contributed by atoms with E-state index in [0.29, 0.717) is 28.8 Å². The van der Waals surface area contributed by atoms with Crippen LogP contribution in [0, 0.1) is 0 Å². The van der Waals surface area contributed by atoms with Gasteiger partial charge in [-0.25, -0.2) is 18.2 Å². The van der Waals surface area contributed by atoms with Gasteiger partial charge in [0.25, 0.3) is 5.91 Å². The summed E-state index contributed by atoms with van der Waals surface area (Å²) in [5.41, 5.74) is 1.33. The number of para-hydroxylation sites is 1. The van der Waals surface area contributed by atoms with E-state index in [1.165, 1.54) is 6.26 Å². The Kier molecular flexibility index (Phi) is 5.06. The van der Waals surface area contributed by atoms with Crippen LogP contribution in [-0.2, 0) is 19.4 Å². The van der Waals surface area contributed by atoms with Crippen LogP contribution < -0.4 is 5.32 Å². The monoisotopic (exact) mass is 414 g/mol. The fraction of sp³-hybridized carbons (Fsp3) is 0.250. The van der Waals surface area contributed by atoms with E-state index in [0.717, 1.165) is 0 Å². The van der Waals surface area contributed by atoms with Crippen molar-refractivity contribution in [3.05, 3.63) is 54.3 Å². The predicted molar refractivity (Wildman–Crippen MR) is 105 cm³/mol. The first-order chi connectivity index (χ1) is 13.9. The Hall–Kier alpha value is -3.20. The molecule has 0 saturated carbocycles. The van der Waals surface area contributed by atoms with Crippen molar-refractivity contribution in [3.8, 4) is 11.5 Å². The second-order valence-electron chi connectivity index (χ2n) is 6.79. The fourth-order valence-corrected chi connectivity index (χ4v) is 4.96. The number of carbonyl (C=O) groups is 2. The Morgan fingerprint density at radius 1 is 1.21 bits per heavy atom. The highest BCUT2D eigenvalue weighted by Crippen LogP contribution is 2.25. The second kappa shape index (κ2) is 7.67. The molecule has 0 aliphatic carbocycles. The Balaban J connectivity index is 1.50. The molecule has 9 heteroatoms. The number of nitrogens with one attached hydrogen (secondary N) is 1. The normalized spacial score (nSPS) is 17.9. The molecule has 4 rings (SSSR count). The molecule has 0 bridgehead atoms. The maximum Gasteiger partial charge on any atom is 0.339 e. The number of nitrogens with zero attached hydrogens (tertiary/aromatic N) is 1. The highest BCUT2D eigenvalue weighted by atomic mass is 32.2. The topological polar surface area (TPSA) is 116 Å². The molecule has 1 unspecified atom stereocenters. The van der Waals surface area contributed by atoms with Crippen LogP contribution in [0.25, 0.3) is 22.4 Å². The standard InChI is InChI=1S/C20H18N2O6S/c23-19(21-13-7-9-29(25,26)12-13)11-28-20(24)15-10-17(18-6-3-8-27-18)22-16-5-2-1-4-14(15)16/h1-6,8,10,13H,7,9,11-12H2,(H,21,23). The van der Waals surface area contributed by atoms with Crippen molar-refractivity contribution in [2.45, 2.75) is 12.5 Å². The van der Waals surface area contributed by atoms with Crippen LogP contribution in [0.5, 0.6) is 0 Å². The van der Waals surface area contributed by atoms with Gasteiger partial charge in [0.15, 0.2) is 22.2 Å². The Morgan fingerprint density at radius 3 is 2.76 bits per heavy atom. The van der Waals surface area contributed by atoms with Crippen LogP contribution in [0.1, 0.15) is 16.8 Å². The van der Waals surface area contributed by atoms with Gasteiger partial charge in [-0.1, -0.05) is 18.2 Å². The molecule has 8 nitrogen and oxygen atoms in total. The molecule has 1 aliphatic rings. The predicted octanol–water partition coefficient (Wildman–Crippen LogP) is 1.95. The molecular weight excluding hydrogens is 396 g/mol. The summed E-state index contributed by atoms with van der Waals surface area (Å²) in [6, 6.07) is 11.7. The molecule has 0 radical (unpaired) electrons. The summed E-state index contributed by atoms with van der Waals surface area (Å²) in [5, 5.41) is 3.18. The molecule has 1 fully saturated rings. The molecule has 1 amide bonds. The summed E-state index contributed by atoms with van der Waals surface area (Å²) < 4.78 is 33.5. The Labute approximate surface area is 166 Å². The number of furan rings is 1. The molecule has 3 aromatic rings. The third-order valence-electron chi connectivity index (χ3n) is 4.64. The van der Waals surface area contributed by atoms with Gasteiger partial charge in [-0.3, -0.25) is 4.79 Å². The van der Waals surface area contributed by atoms with E-state index in [-0.39, 0.29) is 17.1 Å². The van der Waals surface area contributed by atoms with E-state index in [9.17, 15) is 18.0 Å². The summed E-state index contributed by atoms with van der Waals surface area (Å²) >= 11 is 0. The van der Waals surface area contributed by atoms with E-state index >= 15 is 0 Å². The van der Waals surface area contributed by atoms with E-state index < -0.39 is 34.4 Å². The third-order valence-corrected chi connectivity index (χ3v) is 6.41. The number of sulfone groups is 1. The minimum absolute atomic E-state index is 0.0519. The minimum Gasteiger partial charge on any atom is -0.463 e. The van der Waals surface area contributed by atoms with Crippen LogP contribution in [0.4, 0.5) is 0 Å². The van der Waals surface area contributed by atoms with Crippen LogP contribution in [0.2, 0.25) is 0 Å². The molecule has 3 heterocycles. The number of ether oxygens (including phenoxy) is 1.